The number of anilines is 1. The highest BCUT2D eigenvalue weighted by Gasteiger charge is 2.34. The Kier molecular flexibility index (Phi) is 4.40. The summed E-state index contributed by atoms with van der Waals surface area (Å²) in [5.74, 6) is 1.49. The SMILES string of the molecule is COc1cc(OC)nc(N[C@H]2COC[C@@H]2N2CCCC2)n1. The molecule has 2 fully saturated rings. The van der Waals surface area contributed by atoms with E-state index < -0.39 is 0 Å². The fourth-order valence-corrected chi connectivity index (χ4v) is 2.96. The van der Waals surface area contributed by atoms with E-state index in [0.29, 0.717) is 30.4 Å². The van der Waals surface area contributed by atoms with Crippen LogP contribution in [-0.2, 0) is 4.74 Å². The summed E-state index contributed by atoms with van der Waals surface area (Å²) in [6.45, 7) is 3.73. The van der Waals surface area contributed by atoms with E-state index in [0.717, 1.165) is 19.7 Å². The summed E-state index contributed by atoms with van der Waals surface area (Å²) in [5.41, 5.74) is 0. The van der Waals surface area contributed by atoms with E-state index in [4.69, 9.17) is 14.2 Å². The number of hydrogen-bond acceptors (Lipinski definition) is 7. The van der Waals surface area contributed by atoms with Gasteiger partial charge in [0.1, 0.15) is 0 Å². The maximum absolute atomic E-state index is 5.65. The second-order valence-corrected chi connectivity index (χ2v) is 5.37. The van der Waals surface area contributed by atoms with E-state index >= 15 is 0 Å². The molecule has 2 aliphatic heterocycles. The van der Waals surface area contributed by atoms with Gasteiger partial charge >= 0.3 is 0 Å². The maximum Gasteiger partial charge on any atom is 0.229 e. The van der Waals surface area contributed by atoms with Gasteiger partial charge in [0.05, 0.1) is 45.6 Å². The molecule has 1 aromatic heterocycles. The van der Waals surface area contributed by atoms with Crippen LogP contribution in [0.5, 0.6) is 11.8 Å². The number of ether oxygens (including phenoxy) is 3. The summed E-state index contributed by atoms with van der Waals surface area (Å²) >= 11 is 0. The Bertz CT molecular complexity index is 457. The van der Waals surface area contributed by atoms with E-state index in [2.05, 4.69) is 20.2 Å². The van der Waals surface area contributed by atoms with Crippen LogP contribution in [0, 0.1) is 0 Å². The Morgan fingerprint density at radius 3 is 2.43 bits per heavy atom. The molecule has 3 heterocycles. The normalized spacial score (nSPS) is 26.0. The molecule has 0 spiro atoms. The van der Waals surface area contributed by atoms with E-state index in [9.17, 15) is 0 Å². The van der Waals surface area contributed by atoms with Crippen molar-refractivity contribution in [2.24, 2.45) is 0 Å². The third kappa shape index (κ3) is 3.19. The van der Waals surface area contributed by atoms with Crippen LogP contribution >= 0.6 is 0 Å². The van der Waals surface area contributed by atoms with E-state index in [1.165, 1.54) is 12.8 Å². The lowest BCUT2D eigenvalue weighted by atomic mass is 10.1. The Morgan fingerprint density at radius 1 is 1.14 bits per heavy atom. The molecule has 7 nitrogen and oxygen atoms in total. The highest BCUT2D eigenvalue weighted by Crippen LogP contribution is 2.23. The minimum Gasteiger partial charge on any atom is -0.481 e. The van der Waals surface area contributed by atoms with Gasteiger partial charge in [-0.1, -0.05) is 0 Å². The van der Waals surface area contributed by atoms with Crippen LogP contribution in [-0.4, -0.2) is 67.5 Å². The number of hydrogen-bond donors (Lipinski definition) is 1. The first-order valence-electron chi connectivity index (χ1n) is 7.35. The Hall–Kier alpha value is -1.60. The maximum atomic E-state index is 5.65. The highest BCUT2D eigenvalue weighted by atomic mass is 16.5. The first-order valence-corrected chi connectivity index (χ1v) is 7.35. The number of nitrogens with one attached hydrogen (secondary N) is 1. The van der Waals surface area contributed by atoms with Crippen LogP contribution < -0.4 is 14.8 Å². The average Bonchev–Trinajstić information content (AvgIpc) is 3.17. The summed E-state index contributed by atoms with van der Waals surface area (Å²) in [4.78, 5) is 11.1. The van der Waals surface area contributed by atoms with Gasteiger partial charge in [0.2, 0.25) is 17.7 Å². The summed E-state index contributed by atoms with van der Waals surface area (Å²) in [7, 11) is 3.16. The van der Waals surface area contributed by atoms with Crippen molar-refractivity contribution < 1.29 is 14.2 Å². The van der Waals surface area contributed by atoms with Gasteiger partial charge in [-0.25, -0.2) is 0 Å². The van der Waals surface area contributed by atoms with Crippen molar-refractivity contribution in [1.29, 1.82) is 0 Å². The number of rotatable bonds is 5. The number of aromatic nitrogens is 2. The zero-order valence-corrected chi connectivity index (χ0v) is 12.5. The smallest absolute Gasteiger partial charge is 0.229 e. The van der Waals surface area contributed by atoms with E-state index in [-0.39, 0.29) is 6.04 Å². The Labute approximate surface area is 124 Å². The minimum atomic E-state index is 0.194. The van der Waals surface area contributed by atoms with Gasteiger partial charge in [0, 0.05) is 0 Å². The minimum absolute atomic E-state index is 0.194. The van der Waals surface area contributed by atoms with E-state index in [1.54, 1.807) is 20.3 Å². The molecule has 0 aliphatic carbocycles. The van der Waals surface area contributed by atoms with Gasteiger partial charge in [-0.05, 0) is 25.9 Å². The van der Waals surface area contributed by atoms with Crippen LogP contribution in [0.15, 0.2) is 6.07 Å². The second-order valence-electron chi connectivity index (χ2n) is 5.37. The topological polar surface area (TPSA) is 68.7 Å². The quantitative estimate of drug-likeness (QED) is 0.860. The molecular formula is C14H22N4O3. The van der Waals surface area contributed by atoms with Gasteiger partial charge in [-0.3, -0.25) is 4.90 Å². The van der Waals surface area contributed by atoms with Gasteiger partial charge in [-0.2, -0.15) is 9.97 Å². The van der Waals surface area contributed by atoms with Crippen molar-refractivity contribution in [2.75, 3.05) is 45.8 Å². The molecule has 1 N–H and O–H groups in total. The van der Waals surface area contributed by atoms with Crippen LogP contribution in [0.1, 0.15) is 12.8 Å². The monoisotopic (exact) mass is 294 g/mol. The van der Waals surface area contributed by atoms with Crippen molar-refractivity contribution in [3.05, 3.63) is 6.07 Å². The molecule has 0 saturated carbocycles. The molecule has 3 rings (SSSR count). The van der Waals surface area contributed by atoms with Crippen LogP contribution in [0.25, 0.3) is 0 Å². The zero-order valence-electron chi connectivity index (χ0n) is 12.5. The number of nitrogens with zero attached hydrogens (tertiary/aromatic N) is 3. The molecule has 0 aromatic carbocycles. The molecule has 0 unspecified atom stereocenters. The predicted octanol–water partition coefficient (Wildman–Crippen LogP) is 0.769. The molecule has 0 bridgehead atoms. The first-order chi connectivity index (χ1) is 10.3. The van der Waals surface area contributed by atoms with Crippen molar-refractivity contribution >= 4 is 5.95 Å². The molecule has 0 amide bonds. The Balaban J connectivity index is 1.72. The fourth-order valence-electron chi connectivity index (χ4n) is 2.96. The standard InChI is InChI=1S/C14H22N4O3/c1-19-12-7-13(20-2)17-14(16-12)15-10-8-21-9-11(10)18-5-3-4-6-18/h7,10-11H,3-6,8-9H2,1-2H3,(H,15,16,17)/t10-,11-/m0/s1. The third-order valence-electron chi connectivity index (χ3n) is 4.07. The summed E-state index contributed by atoms with van der Waals surface area (Å²) in [5, 5.41) is 3.37. The molecule has 2 atom stereocenters. The lowest BCUT2D eigenvalue weighted by molar-refractivity contribution is 0.159. The molecular weight excluding hydrogens is 272 g/mol. The van der Waals surface area contributed by atoms with Crippen molar-refractivity contribution in [3.8, 4) is 11.8 Å². The molecule has 2 aliphatic rings. The van der Waals surface area contributed by atoms with E-state index in [1.807, 2.05) is 0 Å². The zero-order chi connectivity index (χ0) is 14.7. The van der Waals surface area contributed by atoms with Crippen LogP contribution in [0.2, 0.25) is 0 Å². The summed E-state index contributed by atoms with van der Waals surface area (Å²) in [6.07, 6.45) is 2.54. The first kappa shape index (κ1) is 14.3. The van der Waals surface area contributed by atoms with Gasteiger partial charge in [0.25, 0.3) is 0 Å². The molecule has 1 aromatic rings. The lowest BCUT2D eigenvalue weighted by Gasteiger charge is -2.27. The lowest BCUT2D eigenvalue weighted by Crippen LogP contribution is -2.45. The molecule has 116 valence electrons. The second kappa shape index (κ2) is 6.44. The predicted molar refractivity (Wildman–Crippen MR) is 78.0 cm³/mol. The van der Waals surface area contributed by atoms with Gasteiger partial charge in [0.15, 0.2) is 0 Å². The molecule has 7 heteroatoms. The summed E-state index contributed by atoms with van der Waals surface area (Å²) in [6, 6.07) is 2.24. The van der Waals surface area contributed by atoms with Gasteiger partial charge < -0.3 is 19.5 Å². The fraction of sp³-hybridized carbons (Fsp3) is 0.714. The van der Waals surface area contributed by atoms with Crippen LogP contribution in [0.3, 0.4) is 0 Å². The number of methoxy groups -OCH3 is 2. The van der Waals surface area contributed by atoms with Gasteiger partial charge in [-0.15, -0.1) is 0 Å². The van der Waals surface area contributed by atoms with Crippen LogP contribution in [0.4, 0.5) is 5.95 Å². The van der Waals surface area contributed by atoms with Crippen molar-refractivity contribution in [3.63, 3.8) is 0 Å². The Morgan fingerprint density at radius 2 is 1.81 bits per heavy atom. The number of likely N-dealkylation sites (tertiary alicyclic amines) is 1. The highest BCUT2D eigenvalue weighted by molar-refractivity contribution is 5.35. The average molecular weight is 294 g/mol. The summed E-state index contributed by atoms with van der Waals surface area (Å²) < 4.78 is 16.0. The van der Waals surface area contributed by atoms with Crippen molar-refractivity contribution in [1.82, 2.24) is 14.9 Å². The molecule has 2 saturated heterocycles. The molecule has 21 heavy (non-hydrogen) atoms. The largest absolute Gasteiger partial charge is 0.481 e. The third-order valence-corrected chi connectivity index (χ3v) is 4.07. The van der Waals surface area contributed by atoms with Crippen molar-refractivity contribution in [2.45, 2.75) is 24.9 Å². The molecule has 0 radical (unpaired) electrons.